The molecule has 1 atom stereocenters. The third kappa shape index (κ3) is 3.41. The van der Waals surface area contributed by atoms with Crippen molar-refractivity contribution in [1.29, 1.82) is 0 Å². The largest absolute Gasteiger partial charge is 0.480 e. The summed E-state index contributed by atoms with van der Waals surface area (Å²) >= 11 is 0. The minimum absolute atomic E-state index is 0.101. The number of carboxylic acids is 1. The highest BCUT2D eigenvalue weighted by molar-refractivity contribution is 7.87. The molecule has 0 aliphatic carbocycles. The van der Waals surface area contributed by atoms with Gasteiger partial charge in [0, 0.05) is 20.2 Å². The van der Waals surface area contributed by atoms with Gasteiger partial charge < -0.3 is 9.84 Å². The van der Waals surface area contributed by atoms with E-state index < -0.39 is 22.2 Å². The molecule has 1 aromatic rings. The number of rotatable bonds is 6. The van der Waals surface area contributed by atoms with E-state index in [4.69, 9.17) is 4.74 Å². The van der Waals surface area contributed by atoms with Crippen LogP contribution in [-0.2, 0) is 26.2 Å². The molecule has 1 aliphatic heterocycles. The summed E-state index contributed by atoms with van der Waals surface area (Å²) in [6.45, 7) is 0.459. The van der Waals surface area contributed by atoms with Gasteiger partial charge in [-0.2, -0.15) is 17.4 Å². The van der Waals surface area contributed by atoms with Gasteiger partial charge in [0.05, 0.1) is 6.61 Å². The second-order valence-corrected chi connectivity index (χ2v) is 6.40. The van der Waals surface area contributed by atoms with Gasteiger partial charge in [-0.1, -0.05) is 24.3 Å². The number of hydrogen-bond acceptors (Lipinski definition) is 4. The average Bonchev–Trinajstić information content (AvgIpc) is 2.46. The molecule has 1 unspecified atom stereocenters. The lowest BCUT2D eigenvalue weighted by atomic mass is 9.94. The van der Waals surface area contributed by atoms with Gasteiger partial charge in [0.25, 0.3) is 10.2 Å². The summed E-state index contributed by atoms with van der Waals surface area (Å²) in [4.78, 5) is 11.5. The van der Waals surface area contributed by atoms with Crippen molar-refractivity contribution in [1.82, 2.24) is 9.03 Å². The fourth-order valence-corrected chi connectivity index (χ4v) is 3.73. The van der Waals surface area contributed by atoms with Crippen LogP contribution in [0.3, 0.4) is 0 Å². The monoisotopic (exact) mass is 314 g/mol. The Labute approximate surface area is 123 Å². The number of benzene rings is 1. The van der Waals surface area contributed by atoms with Crippen molar-refractivity contribution in [3.05, 3.63) is 35.4 Å². The highest BCUT2D eigenvalue weighted by atomic mass is 32.2. The van der Waals surface area contributed by atoms with Crippen molar-refractivity contribution in [2.24, 2.45) is 0 Å². The SMILES string of the molecule is COCCNS(=O)(=O)N1CCc2ccccc2C1C(=O)O. The Morgan fingerprint density at radius 1 is 1.48 bits per heavy atom. The van der Waals surface area contributed by atoms with Gasteiger partial charge in [-0.05, 0) is 17.5 Å². The van der Waals surface area contributed by atoms with Crippen LogP contribution in [0.5, 0.6) is 0 Å². The Hall–Kier alpha value is -1.48. The minimum atomic E-state index is -3.87. The quantitative estimate of drug-likeness (QED) is 0.729. The van der Waals surface area contributed by atoms with Gasteiger partial charge >= 0.3 is 5.97 Å². The van der Waals surface area contributed by atoms with Gasteiger partial charge in [-0.15, -0.1) is 0 Å². The fraction of sp³-hybridized carbons (Fsp3) is 0.462. The lowest BCUT2D eigenvalue weighted by molar-refractivity contribution is -0.142. The minimum Gasteiger partial charge on any atom is -0.480 e. The smallest absolute Gasteiger partial charge is 0.326 e. The molecule has 0 bridgehead atoms. The Morgan fingerprint density at radius 2 is 2.19 bits per heavy atom. The zero-order valence-electron chi connectivity index (χ0n) is 11.7. The van der Waals surface area contributed by atoms with Crippen LogP contribution in [0, 0.1) is 0 Å². The number of ether oxygens (including phenoxy) is 1. The summed E-state index contributed by atoms with van der Waals surface area (Å²) in [7, 11) is -2.41. The van der Waals surface area contributed by atoms with Crippen LogP contribution in [0.4, 0.5) is 0 Å². The molecule has 1 heterocycles. The molecule has 2 rings (SSSR count). The second kappa shape index (κ2) is 6.52. The van der Waals surface area contributed by atoms with E-state index in [0.717, 1.165) is 9.87 Å². The number of nitrogens with one attached hydrogen (secondary N) is 1. The molecule has 1 aromatic carbocycles. The van der Waals surface area contributed by atoms with E-state index in [9.17, 15) is 18.3 Å². The van der Waals surface area contributed by atoms with Gasteiger partial charge in [0.1, 0.15) is 6.04 Å². The Balaban J connectivity index is 2.30. The molecular formula is C13H18N2O5S. The van der Waals surface area contributed by atoms with Crippen LogP contribution in [-0.4, -0.2) is 50.6 Å². The van der Waals surface area contributed by atoms with Crippen molar-refractivity contribution < 1.29 is 23.1 Å². The van der Waals surface area contributed by atoms with Crippen LogP contribution in [0.1, 0.15) is 17.2 Å². The standard InChI is InChI=1S/C13H18N2O5S/c1-20-9-7-14-21(18,19)15-8-6-10-4-2-3-5-11(10)12(15)13(16)17/h2-5,12,14H,6-9H2,1H3,(H,16,17). The summed E-state index contributed by atoms with van der Waals surface area (Å²) in [5.41, 5.74) is 1.39. The molecule has 2 N–H and O–H groups in total. The van der Waals surface area contributed by atoms with Gasteiger partial charge in [0.15, 0.2) is 0 Å². The molecule has 0 saturated heterocycles. The maximum absolute atomic E-state index is 12.3. The lowest BCUT2D eigenvalue weighted by Crippen LogP contribution is -2.49. The van der Waals surface area contributed by atoms with Gasteiger partial charge in [-0.25, -0.2) is 0 Å². The van der Waals surface area contributed by atoms with E-state index in [2.05, 4.69) is 4.72 Å². The maximum Gasteiger partial charge on any atom is 0.326 e. The molecule has 0 radical (unpaired) electrons. The molecule has 0 saturated carbocycles. The van der Waals surface area contributed by atoms with Crippen molar-refractivity contribution in [3.63, 3.8) is 0 Å². The topological polar surface area (TPSA) is 95.9 Å². The van der Waals surface area contributed by atoms with E-state index in [-0.39, 0.29) is 19.7 Å². The lowest BCUT2D eigenvalue weighted by Gasteiger charge is -2.33. The second-order valence-electron chi connectivity index (χ2n) is 4.69. The molecule has 8 heteroatoms. The summed E-state index contributed by atoms with van der Waals surface area (Å²) in [5, 5.41) is 9.43. The molecule has 0 aromatic heterocycles. The van der Waals surface area contributed by atoms with Crippen LogP contribution in [0.2, 0.25) is 0 Å². The Kier molecular flexibility index (Phi) is 4.94. The third-order valence-electron chi connectivity index (χ3n) is 3.37. The van der Waals surface area contributed by atoms with Gasteiger partial charge in [0.2, 0.25) is 0 Å². The molecular weight excluding hydrogens is 296 g/mol. The van der Waals surface area contributed by atoms with Gasteiger partial charge in [-0.3, -0.25) is 4.79 Å². The number of nitrogens with zero attached hydrogens (tertiary/aromatic N) is 1. The predicted molar refractivity (Wildman–Crippen MR) is 76.0 cm³/mol. The zero-order chi connectivity index (χ0) is 15.5. The van der Waals surface area contributed by atoms with Crippen molar-refractivity contribution in [2.75, 3.05) is 26.8 Å². The molecule has 116 valence electrons. The molecule has 0 amide bonds. The molecule has 21 heavy (non-hydrogen) atoms. The number of aliphatic carboxylic acids is 1. The first-order chi connectivity index (χ1) is 9.97. The third-order valence-corrected chi connectivity index (χ3v) is 4.95. The fourth-order valence-electron chi connectivity index (χ4n) is 2.41. The number of hydrogen-bond donors (Lipinski definition) is 2. The summed E-state index contributed by atoms with van der Waals surface area (Å²) in [5.74, 6) is -1.18. The predicted octanol–water partition coefficient (Wildman–Crippen LogP) is 0.151. The van der Waals surface area contributed by atoms with E-state index in [1.807, 2.05) is 12.1 Å². The first kappa shape index (κ1) is 15.9. The van der Waals surface area contributed by atoms with E-state index in [1.165, 1.54) is 7.11 Å². The Morgan fingerprint density at radius 3 is 2.86 bits per heavy atom. The van der Waals surface area contributed by atoms with E-state index in [0.29, 0.717) is 12.0 Å². The number of methoxy groups -OCH3 is 1. The summed E-state index contributed by atoms with van der Waals surface area (Å²) in [6.07, 6.45) is 0.491. The first-order valence-corrected chi connectivity index (χ1v) is 7.97. The zero-order valence-corrected chi connectivity index (χ0v) is 12.5. The Bertz CT molecular complexity index is 617. The van der Waals surface area contributed by atoms with Crippen LogP contribution in [0.15, 0.2) is 24.3 Å². The maximum atomic E-state index is 12.3. The normalized spacial score (nSPS) is 19.2. The molecule has 1 aliphatic rings. The highest BCUT2D eigenvalue weighted by Gasteiger charge is 2.39. The van der Waals surface area contributed by atoms with Crippen LogP contribution in [0.25, 0.3) is 0 Å². The highest BCUT2D eigenvalue weighted by Crippen LogP contribution is 2.31. The first-order valence-electron chi connectivity index (χ1n) is 6.53. The van der Waals surface area contributed by atoms with Crippen molar-refractivity contribution >= 4 is 16.2 Å². The average molecular weight is 314 g/mol. The van der Waals surface area contributed by atoms with Crippen LogP contribution >= 0.6 is 0 Å². The number of fused-ring (bicyclic) bond motifs is 1. The molecule has 7 nitrogen and oxygen atoms in total. The molecule has 0 spiro atoms. The number of carboxylic acid groups (broad SMARTS) is 1. The van der Waals surface area contributed by atoms with E-state index in [1.54, 1.807) is 12.1 Å². The van der Waals surface area contributed by atoms with Crippen molar-refractivity contribution in [3.8, 4) is 0 Å². The van der Waals surface area contributed by atoms with Crippen LogP contribution < -0.4 is 4.72 Å². The molecule has 0 fully saturated rings. The summed E-state index contributed by atoms with van der Waals surface area (Å²) < 4.78 is 32.7. The summed E-state index contributed by atoms with van der Waals surface area (Å²) in [6, 6.07) is 5.82. The van der Waals surface area contributed by atoms with Crippen molar-refractivity contribution in [2.45, 2.75) is 12.5 Å². The number of carbonyl (C=O) groups is 1. The van der Waals surface area contributed by atoms with E-state index >= 15 is 0 Å².